The Hall–Kier alpha value is -2.77. The minimum absolute atomic E-state index is 0.0309. The Kier molecular flexibility index (Phi) is 6.19. The van der Waals surface area contributed by atoms with Crippen LogP contribution in [0.5, 0.6) is 0 Å². The lowest BCUT2D eigenvalue weighted by Crippen LogP contribution is -2.45. The molecule has 3 aromatic rings. The highest BCUT2D eigenvalue weighted by molar-refractivity contribution is 7.21. The average Bonchev–Trinajstić information content (AvgIpc) is 3.23. The van der Waals surface area contributed by atoms with Crippen molar-refractivity contribution in [1.82, 2.24) is 14.8 Å². The molecule has 1 aromatic carbocycles. The predicted molar refractivity (Wildman–Crippen MR) is 125 cm³/mol. The summed E-state index contributed by atoms with van der Waals surface area (Å²) >= 11 is 1.57. The maximum atomic E-state index is 13.5. The third-order valence-electron chi connectivity index (χ3n) is 6.43. The van der Waals surface area contributed by atoms with Gasteiger partial charge in [0.05, 0.1) is 23.7 Å². The number of thiophene rings is 1. The van der Waals surface area contributed by atoms with Gasteiger partial charge in [0.25, 0.3) is 11.8 Å². The number of hydrogen-bond donors (Lipinski definition) is 0. The molecule has 2 aliphatic rings. The molecule has 2 aliphatic heterocycles. The molecule has 5 rings (SSSR count). The van der Waals surface area contributed by atoms with E-state index in [2.05, 4.69) is 17.1 Å². The summed E-state index contributed by atoms with van der Waals surface area (Å²) in [6.45, 7) is 3.17. The van der Waals surface area contributed by atoms with Gasteiger partial charge in [-0.1, -0.05) is 18.2 Å². The molecular formula is C25H27N3O3S. The Labute approximate surface area is 191 Å². The van der Waals surface area contributed by atoms with Crippen LogP contribution in [0.25, 0.3) is 10.1 Å². The van der Waals surface area contributed by atoms with Crippen LogP contribution in [0.1, 0.15) is 44.9 Å². The fourth-order valence-corrected chi connectivity index (χ4v) is 5.96. The van der Waals surface area contributed by atoms with Crippen molar-refractivity contribution in [3.63, 3.8) is 0 Å². The molecule has 2 fully saturated rings. The summed E-state index contributed by atoms with van der Waals surface area (Å²) in [5.74, 6) is 0.119. The van der Waals surface area contributed by atoms with Crippen LogP contribution in [0.4, 0.5) is 0 Å². The van der Waals surface area contributed by atoms with E-state index < -0.39 is 0 Å². The molecule has 4 heterocycles. The maximum Gasteiger partial charge on any atom is 0.264 e. The number of morpholine rings is 1. The van der Waals surface area contributed by atoms with Gasteiger partial charge >= 0.3 is 0 Å². The smallest absolute Gasteiger partial charge is 0.264 e. The lowest BCUT2D eigenvalue weighted by molar-refractivity contribution is 0.0305. The summed E-state index contributed by atoms with van der Waals surface area (Å²) in [6.07, 6.45) is 7.07. The number of pyridine rings is 1. The maximum absolute atomic E-state index is 13.5. The Bertz CT molecular complexity index is 1110. The van der Waals surface area contributed by atoms with Crippen LogP contribution in [-0.2, 0) is 11.2 Å². The number of nitrogens with zero attached hydrogens (tertiary/aromatic N) is 3. The first kappa shape index (κ1) is 21.1. The number of carbonyl (C=O) groups is 2. The van der Waals surface area contributed by atoms with Crippen molar-refractivity contribution in [2.45, 2.75) is 31.7 Å². The van der Waals surface area contributed by atoms with E-state index in [0.29, 0.717) is 38.3 Å². The Balaban J connectivity index is 1.48. The molecule has 0 aliphatic carbocycles. The van der Waals surface area contributed by atoms with E-state index in [1.165, 1.54) is 0 Å². The molecule has 7 heteroatoms. The van der Waals surface area contributed by atoms with E-state index in [9.17, 15) is 9.59 Å². The van der Waals surface area contributed by atoms with Crippen LogP contribution in [0.3, 0.4) is 0 Å². The number of carbonyl (C=O) groups excluding carboxylic acids is 2. The lowest BCUT2D eigenvalue weighted by atomic mass is 9.93. The molecule has 2 aromatic heterocycles. The first-order valence-corrected chi connectivity index (χ1v) is 12.1. The number of hydrogen-bond acceptors (Lipinski definition) is 5. The highest BCUT2D eigenvalue weighted by Crippen LogP contribution is 2.35. The van der Waals surface area contributed by atoms with Crippen molar-refractivity contribution >= 4 is 33.2 Å². The van der Waals surface area contributed by atoms with Crippen LogP contribution < -0.4 is 0 Å². The van der Waals surface area contributed by atoms with Gasteiger partial charge in [-0.2, -0.15) is 0 Å². The Morgan fingerprint density at radius 1 is 1.03 bits per heavy atom. The molecule has 2 amide bonds. The largest absolute Gasteiger partial charge is 0.378 e. The van der Waals surface area contributed by atoms with Gasteiger partial charge < -0.3 is 14.5 Å². The molecule has 0 radical (unpaired) electrons. The summed E-state index contributed by atoms with van der Waals surface area (Å²) < 4.78 is 6.56. The second kappa shape index (κ2) is 9.38. The summed E-state index contributed by atoms with van der Waals surface area (Å²) in [5, 5.41) is 1.13. The molecule has 2 saturated heterocycles. The van der Waals surface area contributed by atoms with Crippen LogP contribution in [0.15, 0.2) is 48.8 Å². The highest BCUT2D eigenvalue weighted by atomic mass is 32.1. The first-order chi connectivity index (χ1) is 15.7. The molecule has 6 nitrogen and oxygen atoms in total. The number of rotatable bonds is 4. The zero-order valence-electron chi connectivity index (χ0n) is 18.0. The van der Waals surface area contributed by atoms with Crippen LogP contribution in [0, 0.1) is 0 Å². The van der Waals surface area contributed by atoms with Crippen LogP contribution in [-0.4, -0.2) is 65.5 Å². The standard InChI is InChI=1S/C25H27N3O3S/c29-24(18-6-5-10-26-17-18)28-11-4-3-7-19(28)16-21-20-8-1-2-9-22(20)32-23(21)25(30)27-12-14-31-15-13-27/h1-2,5-6,8-10,17,19H,3-4,7,11-16H2. The quantitative estimate of drug-likeness (QED) is 0.604. The number of likely N-dealkylation sites (tertiary alicyclic amines) is 1. The van der Waals surface area contributed by atoms with Crippen molar-refractivity contribution < 1.29 is 14.3 Å². The fourth-order valence-electron chi connectivity index (χ4n) is 4.76. The van der Waals surface area contributed by atoms with E-state index in [4.69, 9.17) is 4.74 Å². The van der Waals surface area contributed by atoms with Gasteiger partial charge in [0, 0.05) is 42.8 Å². The van der Waals surface area contributed by atoms with Crippen molar-refractivity contribution in [1.29, 1.82) is 0 Å². The molecule has 166 valence electrons. The van der Waals surface area contributed by atoms with E-state index >= 15 is 0 Å². The zero-order chi connectivity index (χ0) is 21.9. The van der Waals surface area contributed by atoms with E-state index in [1.807, 2.05) is 28.0 Å². The van der Waals surface area contributed by atoms with Crippen molar-refractivity contribution in [3.8, 4) is 0 Å². The van der Waals surface area contributed by atoms with Gasteiger partial charge in [0.1, 0.15) is 0 Å². The van der Waals surface area contributed by atoms with Gasteiger partial charge in [0.15, 0.2) is 0 Å². The van der Waals surface area contributed by atoms with Crippen LogP contribution >= 0.6 is 11.3 Å². The third kappa shape index (κ3) is 4.14. The van der Waals surface area contributed by atoms with Crippen molar-refractivity contribution in [2.24, 2.45) is 0 Å². The first-order valence-electron chi connectivity index (χ1n) is 11.3. The molecule has 1 atom stereocenters. The van der Waals surface area contributed by atoms with Gasteiger partial charge in [-0.15, -0.1) is 11.3 Å². The number of ether oxygens (including phenoxy) is 1. The monoisotopic (exact) mass is 449 g/mol. The number of aromatic nitrogens is 1. The molecular weight excluding hydrogens is 422 g/mol. The third-order valence-corrected chi connectivity index (χ3v) is 7.63. The highest BCUT2D eigenvalue weighted by Gasteiger charge is 2.31. The number of amides is 2. The molecule has 32 heavy (non-hydrogen) atoms. The fraction of sp³-hybridized carbons (Fsp3) is 0.400. The Morgan fingerprint density at radius 3 is 2.69 bits per heavy atom. The molecule has 0 saturated carbocycles. The molecule has 0 N–H and O–H groups in total. The van der Waals surface area contributed by atoms with E-state index in [1.54, 1.807) is 29.8 Å². The summed E-state index contributed by atoms with van der Waals surface area (Å²) in [5.41, 5.74) is 1.71. The molecule has 0 bridgehead atoms. The van der Waals surface area contributed by atoms with E-state index in [-0.39, 0.29) is 17.9 Å². The summed E-state index contributed by atoms with van der Waals surface area (Å²) in [4.78, 5) is 35.6. The van der Waals surface area contributed by atoms with Crippen LogP contribution in [0.2, 0.25) is 0 Å². The van der Waals surface area contributed by atoms with Gasteiger partial charge in [0.2, 0.25) is 0 Å². The number of fused-ring (bicyclic) bond motifs is 1. The SMILES string of the molecule is O=C(c1sc2ccccc2c1CC1CCCCN1C(=O)c1cccnc1)N1CCOCC1. The predicted octanol–water partition coefficient (Wildman–Crippen LogP) is 4.01. The lowest BCUT2D eigenvalue weighted by Gasteiger charge is -2.36. The summed E-state index contributed by atoms with van der Waals surface area (Å²) in [6, 6.07) is 11.9. The van der Waals surface area contributed by atoms with E-state index in [0.717, 1.165) is 46.3 Å². The normalized spacial score (nSPS) is 19.3. The minimum atomic E-state index is 0.0309. The molecule has 1 unspecified atom stereocenters. The van der Waals surface area contributed by atoms with Crippen molar-refractivity contribution in [3.05, 3.63) is 64.8 Å². The summed E-state index contributed by atoms with van der Waals surface area (Å²) in [7, 11) is 0. The zero-order valence-corrected chi connectivity index (χ0v) is 18.9. The average molecular weight is 450 g/mol. The second-order valence-corrected chi connectivity index (χ2v) is 9.46. The van der Waals surface area contributed by atoms with Gasteiger partial charge in [-0.25, -0.2) is 0 Å². The number of benzene rings is 1. The van der Waals surface area contributed by atoms with Gasteiger partial charge in [-0.3, -0.25) is 14.6 Å². The molecule has 0 spiro atoms. The second-order valence-electron chi connectivity index (χ2n) is 8.40. The minimum Gasteiger partial charge on any atom is -0.378 e. The van der Waals surface area contributed by atoms with Gasteiger partial charge in [-0.05, 0) is 54.8 Å². The number of piperidine rings is 1. The Morgan fingerprint density at radius 2 is 1.88 bits per heavy atom. The van der Waals surface area contributed by atoms with Crippen molar-refractivity contribution in [2.75, 3.05) is 32.8 Å². The topological polar surface area (TPSA) is 62.7 Å².